The first kappa shape index (κ1) is 15.6. The van der Waals surface area contributed by atoms with Crippen LogP contribution in [0.4, 0.5) is 0 Å². The Labute approximate surface area is 142 Å². The Morgan fingerprint density at radius 2 is 1.64 bits per heavy atom. The van der Waals surface area contributed by atoms with Crippen LogP contribution in [0.3, 0.4) is 0 Å². The molecule has 4 fully saturated rings. The van der Waals surface area contributed by atoms with E-state index in [1.807, 2.05) is 0 Å². The van der Waals surface area contributed by atoms with Gasteiger partial charge in [0.1, 0.15) is 5.78 Å². The summed E-state index contributed by atoms with van der Waals surface area (Å²) in [6, 6.07) is 0. The SMILES string of the molecule is C[C@]12CCC(=O)[C@@H](Br)[C@H]1CC[C@@H]1[C@@H]2CC[C@]2(C)[C@@H](O)CC[C@@H]12. The van der Waals surface area contributed by atoms with Crippen LogP contribution in [0.15, 0.2) is 0 Å². The van der Waals surface area contributed by atoms with E-state index in [4.69, 9.17) is 0 Å². The predicted octanol–water partition coefficient (Wildman–Crippen LogP) is 4.33. The molecular weight excluding hydrogens is 340 g/mol. The van der Waals surface area contributed by atoms with E-state index >= 15 is 0 Å². The molecule has 0 bridgehead atoms. The van der Waals surface area contributed by atoms with Crippen LogP contribution in [0.1, 0.15) is 65.2 Å². The molecule has 2 nitrogen and oxygen atoms in total. The monoisotopic (exact) mass is 368 g/mol. The molecule has 3 heteroatoms. The number of halogens is 1. The molecule has 0 heterocycles. The number of rotatable bonds is 0. The van der Waals surface area contributed by atoms with Crippen molar-refractivity contribution in [2.75, 3.05) is 0 Å². The summed E-state index contributed by atoms with van der Waals surface area (Å²) < 4.78 is 0. The number of carbonyl (C=O) groups excluding carboxylic acids is 1. The van der Waals surface area contributed by atoms with E-state index in [-0.39, 0.29) is 16.3 Å². The van der Waals surface area contributed by atoms with Crippen molar-refractivity contribution in [3.05, 3.63) is 0 Å². The van der Waals surface area contributed by atoms with Gasteiger partial charge in [0.15, 0.2) is 0 Å². The fourth-order valence-electron chi connectivity index (χ4n) is 7.06. The molecule has 0 amide bonds. The van der Waals surface area contributed by atoms with Crippen molar-refractivity contribution in [1.29, 1.82) is 0 Å². The Morgan fingerprint density at radius 1 is 0.955 bits per heavy atom. The summed E-state index contributed by atoms with van der Waals surface area (Å²) in [5, 5.41) is 10.5. The number of fused-ring (bicyclic) bond motifs is 5. The molecule has 4 rings (SSSR count). The maximum absolute atomic E-state index is 12.1. The number of alkyl halides is 1. The van der Waals surface area contributed by atoms with Crippen LogP contribution in [0.2, 0.25) is 0 Å². The normalized spacial score (nSPS) is 57.9. The first-order chi connectivity index (χ1) is 10.4. The first-order valence-electron chi connectivity index (χ1n) is 9.23. The second-order valence-corrected chi connectivity index (χ2v) is 10.1. The van der Waals surface area contributed by atoms with E-state index in [2.05, 4.69) is 29.8 Å². The van der Waals surface area contributed by atoms with Gasteiger partial charge in [0.25, 0.3) is 0 Å². The van der Waals surface area contributed by atoms with E-state index in [1.165, 1.54) is 32.1 Å². The smallest absolute Gasteiger partial charge is 0.146 e. The van der Waals surface area contributed by atoms with E-state index in [1.54, 1.807) is 0 Å². The molecule has 0 unspecified atom stereocenters. The number of aliphatic hydroxyl groups is 1. The zero-order valence-corrected chi connectivity index (χ0v) is 15.4. The van der Waals surface area contributed by atoms with Crippen LogP contribution < -0.4 is 0 Å². The largest absolute Gasteiger partial charge is 0.393 e. The molecule has 0 aromatic heterocycles. The lowest BCUT2D eigenvalue weighted by Crippen LogP contribution is -2.56. The number of Topliss-reactive ketones (excluding diaryl/α,β-unsaturated/α-hetero) is 1. The Morgan fingerprint density at radius 3 is 2.41 bits per heavy atom. The Bertz CT molecular complexity index is 492. The van der Waals surface area contributed by atoms with Gasteiger partial charge in [-0.25, -0.2) is 0 Å². The summed E-state index contributed by atoms with van der Waals surface area (Å²) in [5.74, 6) is 3.22. The van der Waals surface area contributed by atoms with Crippen LogP contribution >= 0.6 is 15.9 Å². The number of hydrogen-bond donors (Lipinski definition) is 1. The van der Waals surface area contributed by atoms with E-state index < -0.39 is 0 Å². The van der Waals surface area contributed by atoms with Crippen molar-refractivity contribution < 1.29 is 9.90 Å². The first-order valence-corrected chi connectivity index (χ1v) is 10.1. The molecule has 0 aromatic rings. The van der Waals surface area contributed by atoms with Gasteiger partial charge >= 0.3 is 0 Å². The predicted molar refractivity (Wildman–Crippen MR) is 90.8 cm³/mol. The summed E-state index contributed by atoms with van der Waals surface area (Å²) in [4.78, 5) is 12.2. The lowest BCUT2D eigenvalue weighted by atomic mass is 9.45. The molecule has 0 saturated heterocycles. The average molecular weight is 369 g/mol. The third-order valence-electron chi connectivity index (χ3n) is 8.46. The highest BCUT2D eigenvalue weighted by molar-refractivity contribution is 9.10. The van der Waals surface area contributed by atoms with Crippen LogP contribution in [0.5, 0.6) is 0 Å². The molecule has 4 aliphatic rings. The lowest BCUT2D eigenvalue weighted by Gasteiger charge is -2.60. The third kappa shape index (κ3) is 1.90. The van der Waals surface area contributed by atoms with Gasteiger partial charge in [-0.05, 0) is 79.4 Å². The van der Waals surface area contributed by atoms with Gasteiger partial charge in [0, 0.05) is 6.42 Å². The number of aliphatic hydroxyl groups excluding tert-OH is 1. The standard InChI is InChI=1S/C19H29BrO2/c1-18-10-8-15(21)17(20)14(18)4-3-11-12-5-6-16(22)19(12,2)9-7-13(11)18/h11-14,16-17,22H,3-10H2,1-2H3/t11-,12-,13-,14+,16-,17-,18+,19-/m0/s1. The number of hydrogen-bond acceptors (Lipinski definition) is 2. The van der Waals surface area contributed by atoms with Crippen molar-refractivity contribution in [2.45, 2.75) is 76.1 Å². The maximum atomic E-state index is 12.1. The van der Waals surface area contributed by atoms with Crippen LogP contribution in [0.25, 0.3) is 0 Å². The Hall–Kier alpha value is 0.110. The molecule has 4 saturated carbocycles. The van der Waals surface area contributed by atoms with E-state index in [0.717, 1.165) is 31.1 Å². The van der Waals surface area contributed by atoms with Crippen LogP contribution in [-0.4, -0.2) is 21.8 Å². The van der Waals surface area contributed by atoms with Gasteiger partial charge in [0.05, 0.1) is 10.9 Å². The minimum atomic E-state index is -0.0826. The maximum Gasteiger partial charge on any atom is 0.146 e. The number of carbonyl (C=O) groups is 1. The molecule has 0 aromatic carbocycles. The van der Waals surface area contributed by atoms with Crippen molar-refractivity contribution in [3.8, 4) is 0 Å². The highest BCUT2D eigenvalue weighted by Gasteiger charge is 2.61. The summed E-state index contributed by atoms with van der Waals surface area (Å²) >= 11 is 3.73. The fourth-order valence-corrected chi connectivity index (χ4v) is 8.16. The minimum Gasteiger partial charge on any atom is -0.393 e. The third-order valence-corrected chi connectivity index (χ3v) is 9.61. The van der Waals surface area contributed by atoms with Gasteiger partial charge < -0.3 is 5.11 Å². The van der Waals surface area contributed by atoms with Crippen LogP contribution in [-0.2, 0) is 4.79 Å². The van der Waals surface area contributed by atoms with Gasteiger partial charge in [-0.15, -0.1) is 0 Å². The molecule has 8 atom stereocenters. The highest BCUT2D eigenvalue weighted by atomic mass is 79.9. The van der Waals surface area contributed by atoms with Crippen molar-refractivity contribution in [3.63, 3.8) is 0 Å². The Kier molecular flexibility index (Phi) is 3.59. The summed E-state index contributed by atoms with van der Waals surface area (Å²) in [6.45, 7) is 4.82. The van der Waals surface area contributed by atoms with Crippen molar-refractivity contribution >= 4 is 21.7 Å². The topological polar surface area (TPSA) is 37.3 Å². The molecule has 0 spiro atoms. The van der Waals surface area contributed by atoms with Gasteiger partial charge in [-0.2, -0.15) is 0 Å². The van der Waals surface area contributed by atoms with Gasteiger partial charge in [0.2, 0.25) is 0 Å². The average Bonchev–Trinajstić information content (AvgIpc) is 2.79. The number of ketones is 1. The zero-order chi connectivity index (χ0) is 15.7. The van der Waals surface area contributed by atoms with Crippen LogP contribution in [0, 0.1) is 34.5 Å². The molecular formula is C19H29BrO2. The summed E-state index contributed by atoms with van der Waals surface area (Å²) in [5.41, 5.74) is 0.502. The molecule has 4 aliphatic carbocycles. The van der Waals surface area contributed by atoms with Gasteiger partial charge in [-0.3, -0.25) is 4.79 Å². The molecule has 0 radical (unpaired) electrons. The van der Waals surface area contributed by atoms with Crippen molar-refractivity contribution in [1.82, 2.24) is 0 Å². The summed E-state index contributed by atoms with van der Waals surface area (Å²) in [7, 11) is 0. The molecule has 124 valence electrons. The quantitative estimate of drug-likeness (QED) is 0.646. The van der Waals surface area contributed by atoms with E-state index in [0.29, 0.717) is 23.0 Å². The Balaban J connectivity index is 1.65. The molecule has 1 N–H and O–H groups in total. The second-order valence-electron chi connectivity index (χ2n) is 9.07. The molecule has 0 aliphatic heterocycles. The highest BCUT2D eigenvalue weighted by Crippen LogP contribution is 2.66. The van der Waals surface area contributed by atoms with Gasteiger partial charge in [-0.1, -0.05) is 29.8 Å². The lowest BCUT2D eigenvalue weighted by molar-refractivity contribution is -0.140. The van der Waals surface area contributed by atoms with Crippen molar-refractivity contribution in [2.24, 2.45) is 34.5 Å². The second kappa shape index (κ2) is 5.05. The summed E-state index contributed by atoms with van der Waals surface area (Å²) in [6.07, 6.45) is 8.90. The molecule has 22 heavy (non-hydrogen) atoms. The fraction of sp³-hybridized carbons (Fsp3) is 0.947. The zero-order valence-electron chi connectivity index (χ0n) is 13.9. The van der Waals surface area contributed by atoms with E-state index in [9.17, 15) is 9.90 Å². The minimum absolute atomic E-state index is 0.0826.